The van der Waals surface area contributed by atoms with Crippen LogP contribution in [0.2, 0.25) is 0 Å². The van der Waals surface area contributed by atoms with E-state index in [1.165, 1.54) is 6.08 Å². The second-order valence-corrected chi connectivity index (χ2v) is 3.73. The molecule has 6 heteroatoms. The van der Waals surface area contributed by atoms with Crippen LogP contribution in [0.5, 0.6) is 0 Å². The molecule has 1 aromatic rings. The number of aromatic nitrogens is 2. The molecule has 0 aliphatic rings. The van der Waals surface area contributed by atoms with Crippen molar-refractivity contribution < 1.29 is 0 Å². The zero-order chi connectivity index (χ0) is 12.0. The summed E-state index contributed by atoms with van der Waals surface area (Å²) in [6, 6.07) is 0. The maximum atomic E-state index is 5.72. The van der Waals surface area contributed by atoms with E-state index >= 15 is 0 Å². The van der Waals surface area contributed by atoms with Crippen molar-refractivity contribution in [2.45, 2.75) is 0 Å². The lowest BCUT2D eigenvalue weighted by Gasteiger charge is -2.06. The summed E-state index contributed by atoms with van der Waals surface area (Å²) in [5.74, 6) is 0.447. The predicted octanol–water partition coefficient (Wildman–Crippen LogP) is 1.71. The van der Waals surface area contributed by atoms with Crippen LogP contribution in [0.4, 0.5) is 5.95 Å². The first-order valence-corrected chi connectivity index (χ1v) is 5.25. The van der Waals surface area contributed by atoms with Gasteiger partial charge in [0.25, 0.3) is 0 Å². The third-order valence-electron chi connectivity index (χ3n) is 1.66. The molecule has 0 fully saturated rings. The summed E-state index contributed by atoms with van der Waals surface area (Å²) in [6.07, 6.45) is 6.39. The van der Waals surface area contributed by atoms with E-state index in [9.17, 15) is 0 Å². The summed E-state index contributed by atoms with van der Waals surface area (Å²) in [7, 11) is 1.65. The SMILES string of the molecule is C=CC(N)=C(C=NC)Nc1ncc(Br)cn1. The lowest BCUT2D eigenvalue weighted by Crippen LogP contribution is -2.11. The molecule has 0 saturated carbocycles. The third kappa shape index (κ3) is 3.47. The van der Waals surface area contributed by atoms with Crippen molar-refractivity contribution in [3.8, 4) is 0 Å². The molecule has 0 unspecified atom stereocenters. The Morgan fingerprint density at radius 1 is 1.56 bits per heavy atom. The average Bonchev–Trinajstić information content (AvgIpc) is 2.30. The van der Waals surface area contributed by atoms with Crippen molar-refractivity contribution in [3.63, 3.8) is 0 Å². The highest BCUT2D eigenvalue weighted by Gasteiger charge is 2.01. The molecule has 3 N–H and O–H groups in total. The van der Waals surface area contributed by atoms with Gasteiger partial charge in [-0.3, -0.25) is 4.99 Å². The summed E-state index contributed by atoms with van der Waals surface area (Å²) in [4.78, 5) is 12.0. The van der Waals surface area contributed by atoms with Gasteiger partial charge in [0.2, 0.25) is 5.95 Å². The monoisotopic (exact) mass is 281 g/mol. The van der Waals surface area contributed by atoms with Gasteiger partial charge in [0.05, 0.1) is 15.9 Å². The smallest absolute Gasteiger partial charge is 0.227 e. The third-order valence-corrected chi connectivity index (χ3v) is 2.07. The number of anilines is 1. The normalized spacial score (nSPS) is 12.4. The molecule has 0 spiro atoms. The maximum absolute atomic E-state index is 5.72. The van der Waals surface area contributed by atoms with Gasteiger partial charge in [0, 0.05) is 25.7 Å². The molecule has 0 amide bonds. The number of nitrogens with one attached hydrogen (secondary N) is 1. The van der Waals surface area contributed by atoms with E-state index in [0.717, 1.165) is 4.47 Å². The molecule has 1 heterocycles. The Hall–Kier alpha value is -1.69. The molecule has 1 aromatic heterocycles. The minimum atomic E-state index is 0.447. The summed E-state index contributed by atoms with van der Waals surface area (Å²) in [5.41, 5.74) is 6.82. The van der Waals surface area contributed by atoms with Crippen molar-refractivity contribution in [1.82, 2.24) is 9.97 Å². The van der Waals surface area contributed by atoms with Crippen LogP contribution in [0.3, 0.4) is 0 Å². The minimum absolute atomic E-state index is 0.447. The summed E-state index contributed by atoms with van der Waals surface area (Å²) >= 11 is 3.25. The van der Waals surface area contributed by atoms with Gasteiger partial charge < -0.3 is 11.1 Å². The van der Waals surface area contributed by atoms with Crippen molar-refractivity contribution in [1.29, 1.82) is 0 Å². The first kappa shape index (κ1) is 12.4. The summed E-state index contributed by atoms with van der Waals surface area (Å²) in [6.45, 7) is 3.59. The van der Waals surface area contributed by atoms with Crippen LogP contribution in [0.15, 0.2) is 45.9 Å². The minimum Gasteiger partial charge on any atom is -0.397 e. The Kier molecular flexibility index (Phi) is 4.65. The second kappa shape index (κ2) is 6.02. The van der Waals surface area contributed by atoms with E-state index in [4.69, 9.17) is 5.73 Å². The lowest BCUT2D eigenvalue weighted by atomic mass is 10.3. The number of aliphatic imine (C=N–C) groups is 1. The van der Waals surface area contributed by atoms with Gasteiger partial charge in [-0.2, -0.15) is 0 Å². The number of halogens is 1. The van der Waals surface area contributed by atoms with Crippen LogP contribution in [-0.4, -0.2) is 23.2 Å². The highest BCUT2D eigenvalue weighted by atomic mass is 79.9. The Labute approximate surface area is 102 Å². The second-order valence-electron chi connectivity index (χ2n) is 2.81. The van der Waals surface area contributed by atoms with Crippen molar-refractivity contribution in [2.75, 3.05) is 12.4 Å². The molecule has 0 saturated heterocycles. The molecular weight excluding hydrogens is 270 g/mol. The van der Waals surface area contributed by atoms with E-state index in [0.29, 0.717) is 17.3 Å². The molecule has 0 aliphatic carbocycles. The number of hydrogen-bond acceptors (Lipinski definition) is 5. The average molecular weight is 282 g/mol. The Bertz CT molecular complexity index is 421. The molecule has 16 heavy (non-hydrogen) atoms. The highest BCUT2D eigenvalue weighted by molar-refractivity contribution is 9.10. The van der Waals surface area contributed by atoms with Gasteiger partial charge in [-0.15, -0.1) is 0 Å². The van der Waals surface area contributed by atoms with Crippen LogP contribution < -0.4 is 11.1 Å². The maximum Gasteiger partial charge on any atom is 0.227 e. The molecule has 0 radical (unpaired) electrons. The van der Waals surface area contributed by atoms with E-state index in [-0.39, 0.29) is 0 Å². The van der Waals surface area contributed by atoms with Gasteiger partial charge >= 0.3 is 0 Å². The lowest BCUT2D eigenvalue weighted by molar-refractivity contribution is 1.14. The number of hydrogen-bond donors (Lipinski definition) is 2. The van der Waals surface area contributed by atoms with Crippen molar-refractivity contribution >= 4 is 28.1 Å². The van der Waals surface area contributed by atoms with Gasteiger partial charge in [-0.25, -0.2) is 9.97 Å². The van der Waals surface area contributed by atoms with Crippen molar-refractivity contribution in [3.05, 3.63) is 40.9 Å². The molecule has 0 aliphatic heterocycles. The standard InChI is InChI=1S/C10H12BrN5/c1-3-8(12)9(6-13-2)16-10-14-4-7(11)5-15-10/h3-6H,1,12H2,2H3,(H,14,15,16). The van der Waals surface area contributed by atoms with Gasteiger partial charge in [0.15, 0.2) is 0 Å². The van der Waals surface area contributed by atoms with Crippen LogP contribution >= 0.6 is 15.9 Å². The number of allylic oxidation sites excluding steroid dienone is 2. The van der Waals surface area contributed by atoms with E-state index in [1.807, 2.05) is 0 Å². The zero-order valence-electron chi connectivity index (χ0n) is 8.81. The fourth-order valence-corrected chi connectivity index (χ4v) is 1.12. The molecule has 0 atom stereocenters. The Morgan fingerprint density at radius 2 is 2.19 bits per heavy atom. The van der Waals surface area contributed by atoms with E-state index in [1.54, 1.807) is 25.7 Å². The molecule has 84 valence electrons. The molecule has 5 nitrogen and oxygen atoms in total. The quantitative estimate of drug-likeness (QED) is 0.651. The fraction of sp³-hybridized carbons (Fsp3) is 0.100. The first-order chi connectivity index (χ1) is 7.67. The number of nitrogens with two attached hydrogens (primary N) is 1. The van der Waals surface area contributed by atoms with Gasteiger partial charge in [0.1, 0.15) is 0 Å². The first-order valence-electron chi connectivity index (χ1n) is 4.46. The Morgan fingerprint density at radius 3 is 2.69 bits per heavy atom. The molecular formula is C10H12BrN5. The zero-order valence-corrected chi connectivity index (χ0v) is 10.4. The van der Waals surface area contributed by atoms with Crippen LogP contribution in [0, 0.1) is 0 Å². The van der Waals surface area contributed by atoms with E-state index in [2.05, 4.69) is 42.8 Å². The van der Waals surface area contributed by atoms with Gasteiger partial charge in [-0.1, -0.05) is 6.58 Å². The fourth-order valence-electron chi connectivity index (χ4n) is 0.915. The molecule has 0 bridgehead atoms. The predicted molar refractivity (Wildman–Crippen MR) is 69.2 cm³/mol. The van der Waals surface area contributed by atoms with E-state index < -0.39 is 0 Å². The largest absolute Gasteiger partial charge is 0.397 e. The van der Waals surface area contributed by atoms with Gasteiger partial charge in [-0.05, 0) is 22.0 Å². The number of nitrogens with zero attached hydrogens (tertiary/aromatic N) is 3. The molecule has 0 aromatic carbocycles. The molecule has 1 rings (SSSR count). The summed E-state index contributed by atoms with van der Waals surface area (Å²) < 4.78 is 0.810. The van der Waals surface area contributed by atoms with Crippen LogP contribution in [0.1, 0.15) is 0 Å². The Balaban J connectivity index is 2.92. The highest BCUT2D eigenvalue weighted by Crippen LogP contribution is 2.09. The topological polar surface area (TPSA) is 76.2 Å². The van der Waals surface area contributed by atoms with Crippen LogP contribution in [0.25, 0.3) is 0 Å². The van der Waals surface area contributed by atoms with Crippen LogP contribution in [-0.2, 0) is 0 Å². The number of rotatable bonds is 4. The van der Waals surface area contributed by atoms with Crippen molar-refractivity contribution in [2.24, 2.45) is 10.7 Å². The summed E-state index contributed by atoms with van der Waals surface area (Å²) in [5, 5.41) is 2.95.